The van der Waals surface area contributed by atoms with Crippen molar-refractivity contribution in [2.45, 2.75) is 63.1 Å². The van der Waals surface area contributed by atoms with Crippen LogP contribution in [0.3, 0.4) is 0 Å². The lowest BCUT2D eigenvalue weighted by Gasteiger charge is -2.16. The number of carbonyl (C=O) groups is 2. The molecule has 128 valence electrons. The van der Waals surface area contributed by atoms with Gasteiger partial charge in [0.1, 0.15) is 6.10 Å². The summed E-state index contributed by atoms with van der Waals surface area (Å²) in [6.07, 6.45) is 8.91. The second kappa shape index (κ2) is 6.42. The molecule has 1 aliphatic heterocycles. The van der Waals surface area contributed by atoms with Crippen LogP contribution in [0.1, 0.15) is 55.3 Å². The van der Waals surface area contributed by atoms with Gasteiger partial charge in [-0.2, -0.15) is 0 Å². The lowest BCUT2D eigenvalue weighted by Crippen LogP contribution is -2.37. The zero-order valence-corrected chi connectivity index (χ0v) is 13.7. The lowest BCUT2D eigenvalue weighted by atomic mass is 10.2. The van der Waals surface area contributed by atoms with E-state index in [9.17, 15) is 9.59 Å². The molecule has 1 aromatic heterocycles. The third-order valence-corrected chi connectivity index (χ3v) is 5.07. The molecule has 1 saturated heterocycles. The summed E-state index contributed by atoms with van der Waals surface area (Å²) in [6, 6.07) is 3.69. The van der Waals surface area contributed by atoms with Gasteiger partial charge < -0.3 is 15.0 Å². The molecule has 0 bridgehead atoms. The van der Waals surface area contributed by atoms with E-state index in [0.717, 1.165) is 25.7 Å². The van der Waals surface area contributed by atoms with Crippen molar-refractivity contribution in [1.29, 1.82) is 0 Å². The molecular formula is C18H23N3O3. The predicted molar refractivity (Wildman–Crippen MR) is 87.7 cm³/mol. The Labute approximate surface area is 141 Å². The van der Waals surface area contributed by atoms with Gasteiger partial charge in [0.25, 0.3) is 5.91 Å². The maximum absolute atomic E-state index is 12.5. The van der Waals surface area contributed by atoms with Gasteiger partial charge in [0.15, 0.2) is 0 Å². The van der Waals surface area contributed by atoms with E-state index < -0.39 is 0 Å². The van der Waals surface area contributed by atoms with Crippen LogP contribution in [-0.4, -0.2) is 46.4 Å². The Hall–Kier alpha value is -2.11. The SMILES string of the molecule is O=C(N[C@@H]1CC(=O)N(C2CC2)C1)c1ccnc(OC2CCCC2)c1. The van der Waals surface area contributed by atoms with Crippen LogP contribution >= 0.6 is 0 Å². The molecule has 3 aliphatic rings. The van der Waals surface area contributed by atoms with Gasteiger partial charge in [0.05, 0.1) is 6.04 Å². The molecule has 3 fully saturated rings. The van der Waals surface area contributed by atoms with Crippen LogP contribution < -0.4 is 10.1 Å². The molecule has 6 heteroatoms. The summed E-state index contributed by atoms with van der Waals surface area (Å²) in [4.78, 5) is 30.6. The number of amides is 2. The summed E-state index contributed by atoms with van der Waals surface area (Å²) in [6.45, 7) is 0.631. The maximum Gasteiger partial charge on any atom is 0.251 e. The molecule has 4 rings (SSSR count). The van der Waals surface area contributed by atoms with E-state index in [1.165, 1.54) is 12.8 Å². The normalized spacial score (nSPS) is 24.4. The van der Waals surface area contributed by atoms with Crippen LogP contribution in [0.15, 0.2) is 18.3 Å². The molecule has 1 aromatic rings. The highest BCUT2D eigenvalue weighted by molar-refractivity contribution is 5.95. The fourth-order valence-corrected chi connectivity index (χ4v) is 3.63. The maximum atomic E-state index is 12.5. The van der Waals surface area contributed by atoms with Crippen molar-refractivity contribution >= 4 is 11.8 Å². The summed E-state index contributed by atoms with van der Waals surface area (Å²) in [5.74, 6) is 0.503. The number of likely N-dealkylation sites (tertiary alicyclic amines) is 1. The summed E-state index contributed by atoms with van der Waals surface area (Å²) < 4.78 is 5.86. The number of nitrogens with zero attached hydrogens (tertiary/aromatic N) is 2. The van der Waals surface area contributed by atoms with E-state index in [0.29, 0.717) is 30.5 Å². The fraction of sp³-hybridized carbons (Fsp3) is 0.611. The Morgan fingerprint density at radius 3 is 2.79 bits per heavy atom. The smallest absolute Gasteiger partial charge is 0.251 e. The van der Waals surface area contributed by atoms with E-state index in [4.69, 9.17) is 4.74 Å². The Balaban J connectivity index is 1.36. The minimum absolute atomic E-state index is 0.0991. The van der Waals surface area contributed by atoms with Crippen LogP contribution in [0.25, 0.3) is 0 Å². The third-order valence-electron chi connectivity index (χ3n) is 5.07. The van der Waals surface area contributed by atoms with Gasteiger partial charge in [0.2, 0.25) is 11.8 Å². The van der Waals surface area contributed by atoms with Gasteiger partial charge in [-0.25, -0.2) is 4.98 Å². The molecule has 0 aromatic carbocycles. The number of hydrogen-bond acceptors (Lipinski definition) is 4. The predicted octanol–water partition coefficient (Wildman–Crippen LogP) is 1.90. The van der Waals surface area contributed by atoms with Crippen molar-refractivity contribution in [1.82, 2.24) is 15.2 Å². The van der Waals surface area contributed by atoms with Gasteiger partial charge >= 0.3 is 0 Å². The molecule has 2 saturated carbocycles. The molecule has 2 heterocycles. The van der Waals surface area contributed by atoms with Crippen molar-refractivity contribution in [3.63, 3.8) is 0 Å². The average Bonchev–Trinajstić information content (AvgIpc) is 3.17. The molecule has 6 nitrogen and oxygen atoms in total. The first-order valence-corrected chi connectivity index (χ1v) is 8.92. The second-order valence-corrected chi connectivity index (χ2v) is 7.06. The van der Waals surface area contributed by atoms with Gasteiger partial charge in [-0.05, 0) is 44.6 Å². The van der Waals surface area contributed by atoms with Gasteiger partial charge in [-0.1, -0.05) is 0 Å². The molecule has 2 amide bonds. The molecular weight excluding hydrogens is 306 g/mol. The number of rotatable bonds is 5. The Bertz CT molecular complexity index is 638. The first kappa shape index (κ1) is 15.4. The van der Waals surface area contributed by atoms with Crippen LogP contribution in [-0.2, 0) is 4.79 Å². The molecule has 0 radical (unpaired) electrons. The van der Waals surface area contributed by atoms with E-state index in [1.807, 2.05) is 4.90 Å². The highest BCUT2D eigenvalue weighted by Gasteiger charge is 2.39. The molecule has 0 unspecified atom stereocenters. The third kappa shape index (κ3) is 3.37. The van der Waals surface area contributed by atoms with E-state index in [1.54, 1.807) is 18.3 Å². The fourth-order valence-electron chi connectivity index (χ4n) is 3.63. The van der Waals surface area contributed by atoms with E-state index in [-0.39, 0.29) is 24.0 Å². The lowest BCUT2D eigenvalue weighted by molar-refractivity contribution is -0.128. The molecule has 1 N–H and O–H groups in total. The largest absolute Gasteiger partial charge is 0.474 e. The van der Waals surface area contributed by atoms with Crippen molar-refractivity contribution in [3.05, 3.63) is 23.9 Å². The minimum atomic E-state index is -0.163. The molecule has 1 atom stereocenters. The highest BCUT2D eigenvalue weighted by Crippen LogP contribution is 2.30. The summed E-state index contributed by atoms with van der Waals surface area (Å²) in [5.41, 5.74) is 0.537. The molecule has 2 aliphatic carbocycles. The van der Waals surface area contributed by atoms with Crippen molar-refractivity contribution < 1.29 is 14.3 Å². The van der Waals surface area contributed by atoms with Crippen molar-refractivity contribution in [3.8, 4) is 5.88 Å². The zero-order chi connectivity index (χ0) is 16.5. The monoisotopic (exact) mass is 329 g/mol. The summed E-state index contributed by atoms with van der Waals surface area (Å²) in [7, 11) is 0. The Morgan fingerprint density at radius 1 is 1.25 bits per heavy atom. The number of pyridine rings is 1. The first-order valence-electron chi connectivity index (χ1n) is 8.92. The van der Waals surface area contributed by atoms with E-state index >= 15 is 0 Å². The number of nitrogens with one attached hydrogen (secondary N) is 1. The van der Waals surface area contributed by atoms with Crippen LogP contribution in [0.4, 0.5) is 0 Å². The number of hydrogen-bond donors (Lipinski definition) is 1. The topological polar surface area (TPSA) is 71.5 Å². The Kier molecular flexibility index (Phi) is 4.12. The Morgan fingerprint density at radius 2 is 2.04 bits per heavy atom. The van der Waals surface area contributed by atoms with Crippen molar-refractivity contribution in [2.24, 2.45) is 0 Å². The number of aromatic nitrogens is 1. The second-order valence-electron chi connectivity index (χ2n) is 7.06. The van der Waals surface area contributed by atoms with E-state index in [2.05, 4.69) is 10.3 Å². The quantitative estimate of drug-likeness (QED) is 0.895. The van der Waals surface area contributed by atoms with Crippen LogP contribution in [0.5, 0.6) is 5.88 Å². The summed E-state index contributed by atoms with van der Waals surface area (Å²) in [5, 5.41) is 2.97. The minimum Gasteiger partial charge on any atom is -0.474 e. The summed E-state index contributed by atoms with van der Waals surface area (Å²) >= 11 is 0. The first-order chi connectivity index (χ1) is 11.7. The zero-order valence-electron chi connectivity index (χ0n) is 13.7. The van der Waals surface area contributed by atoms with Crippen molar-refractivity contribution in [2.75, 3.05) is 6.54 Å². The van der Waals surface area contributed by atoms with Gasteiger partial charge in [-0.15, -0.1) is 0 Å². The average molecular weight is 329 g/mol. The molecule has 0 spiro atoms. The van der Waals surface area contributed by atoms with Gasteiger partial charge in [0, 0.05) is 36.8 Å². The van der Waals surface area contributed by atoms with Crippen LogP contribution in [0.2, 0.25) is 0 Å². The number of ether oxygens (including phenoxy) is 1. The standard InChI is InChI=1S/C18H23N3O3/c22-17-10-13(11-21(17)14-5-6-14)20-18(23)12-7-8-19-16(9-12)24-15-3-1-2-4-15/h7-9,13-15H,1-6,10-11H2,(H,20,23)/t13-/m1/s1. The number of carbonyl (C=O) groups excluding carboxylic acids is 2. The van der Waals surface area contributed by atoms with Crippen LogP contribution in [0, 0.1) is 0 Å². The highest BCUT2D eigenvalue weighted by atomic mass is 16.5. The van der Waals surface area contributed by atoms with Gasteiger partial charge in [-0.3, -0.25) is 9.59 Å². The molecule has 24 heavy (non-hydrogen) atoms.